The predicted octanol–water partition coefficient (Wildman–Crippen LogP) is 6.06. The van der Waals surface area contributed by atoms with Crippen LogP contribution < -0.4 is 4.74 Å². The average molecular weight is 513 g/mol. The molecule has 35 heavy (non-hydrogen) atoms. The lowest BCUT2D eigenvalue weighted by Gasteiger charge is -2.19. The van der Waals surface area contributed by atoms with Gasteiger partial charge in [0, 0.05) is 11.8 Å². The third-order valence-electron chi connectivity index (χ3n) is 5.67. The van der Waals surface area contributed by atoms with Crippen molar-refractivity contribution in [3.8, 4) is 28.3 Å². The van der Waals surface area contributed by atoms with E-state index in [9.17, 15) is 30.4 Å². The molecule has 0 radical (unpaired) electrons. The van der Waals surface area contributed by atoms with E-state index in [0.717, 1.165) is 30.7 Å². The van der Waals surface area contributed by atoms with Gasteiger partial charge in [0.15, 0.2) is 16.4 Å². The second-order valence-electron chi connectivity index (χ2n) is 8.24. The van der Waals surface area contributed by atoms with Crippen LogP contribution >= 0.6 is 0 Å². The maximum atomic E-state index is 13.1. The van der Waals surface area contributed by atoms with Crippen LogP contribution in [-0.2, 0) is 9.84 Å². The van der Waals surface area contributed by atoms with E-state index < -0.39 is 28.5 Å². The lowest BCUT2D eigenvalue weighted by molar-refractivity contribution is -0.290. The molecule has 186 valence electrons. The molecule has 3 aromatic rings. The van der Waals surface area contributed by atoms with Gasteiger partial charge in [-0.05, 0) is 48.1 Å². The van der Waals surface area contributed by atoms with Gasteiger partial charge >= 0.3 is 12.1 Å². The second kappa shape index (κ2) is 9.18. The Labute approximate surface area is 198 Å². The molecule has 0 unspecified atom stereocenters. The van der Waals surface area contributed by atoms with Gasteiger partial charge in [0.05, 0.1) is 22.5 Å². The van der Waals surface area contributed by atoms with Gasteiger partial charge in [0.25, 0.3) is 0 Å². The molecule has 0 bridgehead atoms. The molecule has 2 aromatic heterocycles. The fourth-order valence-corrected chi connectivity index (χ4v) is 4.48. The molecule has 1 fully saturated rings. The van der Waals surface area contributed by atoms with Crippen LogP contribution in [0.1, 0.15) is 31.2 Å². The van der Waals surface area contributed by atoms with Crippen LogP contribution in [0.5, 0.6) is 5.75 Å². The molecule has 2 heterocycles. The van der Waals surface area contributed by atoms with Crippen molar-refractivity contribution in [2.45, 2.75) is 42.7 Å². The van der Waals surface area contributed by atoms with E-state index in [1.54, 1.807) is 0 Å². The fraction of sp³-hybridized carbons (Fsp3) is 0.333. The topological polar surface area (TPSA) is 69.2 Å². The Hall–Kier alpha value is -3.08. The molecule has 0 atom stereocenters. The first-order chi connectivity index (χ1) is 16.4. The normalized spacial score (nSPS) is 14.7. The van der Waals surface area contributed by atoms with Gasteiger partial charge < -0.3 is 4.74 Å². The Bertz CT molecular complexity index is 1300. The first-order valence-corrected chi connectivity index (χ1v) is 12.4. The molecule has 0 spiro atoms. The van der Waals surface area contributed by atoms with Crippen LogP contribution in [0.2, 0.25) is 0 Å². The molecule has 1 aliphatic carbocycles. The lowest BCUT2D eigenvalue weighted by atomic mass is 10.0. The largest absolute Gasteiger partial charge is 0.485 e. The number of nitrogens with zero attached hydrogens (tertiary/aromatic N) is 2. The van der Waals surface area contributed by atoms with Crippen LogP contribution in [0.4, 0.5) is 22.0 Å². The number of rotatable bonds is 8. The second-order valence-corrected chi connectivity index (χ2v) is 10.5. The van der Waals surface area contributed by atoms with Crippen molar-refractivity contribution in [1.29, 1.82) is 0 Å². The van der Waals surface area contributed by atoms with E-state index in [1.807, 2.05) is 24.3 Å². The van der Waals surface area contributed by atoms with E-state index in [0.29, 0.717) is 11.5 Å². The number of hydrogen-bond donors (Lipinski definition) is 0. The van der Waals surface area contributed by atoms with Gasteiger partial charge in [-0.3, -0.25) is 9.97 Å². The number of alkyl halides is 5. The summed E-state index contributed by atoms with van der Waals surface area (Å²) in [5, 5.41) is 0. The van der Waals surface area contributed by atoms with Crippen molar-refractivity contribution in [3.05, 3.63) is 60.4 Å². The van der Waals surface area contributed by atoms with Gasteiger partial charge in [-0.15, -0.1) is 0 Å². The van der Waals surface area contributed by atoms with E-state index in [4.69, 9.17) is 0 Å². The van der Waals surface area contributed by atoms with E-state index in [2.05, 4.69) is 14.7 Å². The first-order valence-electron chi connectivity index (χ1n) is 10.8. The molecular formula is C24H21F5N2O3S. The lowest BCUT2D eigenvalue weighted by Crippen LogP contribution is -2.41. The first kappa shape index (κ1) is 25.0. The summed E-state index contributed by atoms with van der Waals surface area (Å²) in [7, 11) is -3.73. The highest BCUT2D eigenvalue weighted by atomic mass is 32.2. The smallest absolute Gasteiger partial charge is 0.456 e. The Balaban J connectivity index is 1.62. The minimum absolute atomic E-state index is 0.0392. The van der Waals surface area contributed by atoms with Crippen molar-refractivity contribution < 1.29 is 35.1 Å². The number of aromatic nitrogens is 2. The Kier molecular flexibility index (Phi) is 6.56. The molecule has 1 aromatic carbocycles. The molecule has 0 N–H and O–H groups in total. The monoisotopic (exact) mass is 512 g/mol. The van der Waals surface area contributed by atoms with Crippen molar-refractivity contribution >= 4 is 9.84 Å². The third-order valence-corrected chi connectivity index (χ3v) is 7.42. The molecule has 1 saturated carbocycles. The Morgan fingerprint density at radius 1 is 0.943 bits per heavy atom. The van der Waals surface area contributed by atoms with Crippen molar-refractivity contribution in [2.24, 2.45) is 0 Å². The van der Waals surface area contributed by atoms with E-state index in [1.165, 1.54) is 30.8 Å². The van der Waals surface area contributed by atoms with Gasteiger partial charge in [-0.25, -0.2) is 8.42 Å². The number of pyridine rings is 2. The Morgan fingerprint density at radius 3 is 2.17 bits per heavy atom. The molecule has 0 aliphatic heterocycles. The highest BCUT2D eigenvalue weighted by Gasteiger charge is 2.58. The van der Waals surface area contributed by atoms with Gasteiger partial charge in [0.1, 0.15) is 11.4 Å². The van der Waals surface area contributed by atoms with Crippen molar-refractivity contribution in [3.63, 3.8) is 0 Å². The quantitative estimate of drug-likeness (QED) is 0.343. The Morgan fingerprint density at radius 2 is 1.63 bits per heavy atom. The highest BCUT2D eigenvalue weighted by molar-refractivity contribution is 7.91. The fourth-order valence-electron chi connectivity index (χ4n) is 3.41. The van der Waals surface area contributed by atoms with Crippen LogP contribution in [0.15, 0.2) is 59.8 Å². The van der Waals surface area contributed by atoms with Crippen molar-refractivity contribution in [2.75, 3.05) is 12.4 Å². The minimum atomic E-state index is -5.74. The molecule has 0 saturated heterocycles. The summed E-state index contributed by atoms with van der Waals surface area (Å²) < 4.78 is 93.3. The number of halogens is 5. The summed E-state index contributed by atoms with van der Waals surface area (Å²) in [4.78, 5) is 8.23. The van der Waals surface area contributed by atoms with E-state index >= 15 is 0 Å². The summed E-state index contributed by atoms with van der Waals surface area (Å²) in [5.74, 6) is -4.97. The third kappa shape index (κ3) is 5.44. The zero-order valence-electron chi connectivity index (χ0n) is 18.5. The zero-order chi connectivity index (χ0) is 25.4. The van der Waals surface area contributed by atoms with Crippen LogP contribution in [0.3, 0.4) is 0 Å². The van der Waals surface area contributed by atoms with Crippen LogP contribution in [-0.4, -0.2) is 42.8 Å². The number of sulfone groups is 1. The average Bonchev–Trinajstić information content (AvgIpc) is 3.68. The van der Waals surface area contributed by atoms with Crippen LogP contribution in [0, 0.1) is 0 Å². The maximum Gasteiger partial charge on any atom is 0.456 e. The van der Waals surface area contributed by atoms with Gasteiger partial charge in [-0.1, -0.05) is 31.2 Å². The summed E-state index contributed by atoms with van der Waals surface area (Å²) in [6.07, 6.45) is -0.970. The summed E-state index contributed by atoms with van der Waals surface area (Å²) >= 11 is 0. The van der Waals surface area contributed by atoms with Gasteiger partial charge in [-0.2, -0.15) is 22.0 Å². The number of ether oxygens (including phenoxy) is 1. The zero-order valence-corrected chi connectivity index (χ0v) is 19.3. The molecular weight excluding hydrogens is 491 g/mol. The molecule has 5 nitrogen and oxygen atoms in total. The minimum Gasteiger partial charge on any atom is -0.485 e. The summed E-state index contributed by atoms with van der Waals surface area (Å²) in [5.41, 5.74) is 2.76. The molecule has 4 rings (SSSR count). The standard InChI is InChI=1S/C24H21F5N2O3S/c1-2-35(32,33)21-11-18(17-7-5-16(6-8-17)15-3-4-15)12-31-22(21)20-10-9-19(13-30-20)34-14-23(25,26)24(27,28)29/h5-13,15H,2-4,14H2,1H3. The summed E-state index contributed by atoms with van der Waals surface area (Å²) in [6, 6.07) is 11.7. The number of benzene rings is 1. The van der Waals surface area contributed by atoms with Gasteiger partial charge in [0.2, 0.25) is 0 Å². The van der Waals surface area contributed by atoms with Crippen LogP contribution in [0.25, 0.3) is 22.5 Å². The SMILES string of the molecule is CCS(=O)(=O)c1cc(-c2ccc(C3CC3)cc2)cnc1-c1ccc(OCC(F)(F)C(F)(F)F)cn1. The molecule has 11 heteroatoms. The van der Waals surface area contributed by atoms with E-state index in [-0.39, 0.29) is 27.8 Å². The van der Waals surface area contributed by atoms with Crippen molar-refractivity contribution in [1.82, 2.24) is 9.97 Å². The number of hydrogen-bond acceptors (Lipinski definition) is 5. The molecule has 0 amide bonds. The predicted molar refractivity (Wildman–Crippen MR) is 119 cm³/mol. The molecule has 1 aliphatic rings. The highest BCUT2D eigenvalue weighted by Crippen LogP contribution is 2.41. The summed E-state index contributed by atoms with van der Waals surface area (Å²) in [6.45, 7) is -0.416. The maximum absolute atomic E-state index is 13.1.